The first-order valence-electron chi connectivity index (χ1n) is 4.86. The van der Waals surface area contributed by atoms with Gasteiger partial charge in [-0.1, -0.05) is 12.2 Å². The number of ether oxygens (including phenoxy) is 1. The van der Waals surface area contributed by atoms with Crippen LogP contribution in [0.2, 0.25) is 0 Å². The SMILES string of the molecule is C=C1CNC(C)C1.CC(C)(C)OC=O. The van der Waals surface area contributed by atoms with Crippen LogP contribution in [-0.2, 0) is 9.53 Å². The van der Waals surface area contributed by atoms with Gasteiger partial charge in [-0.3, -0.25) is 4.79 Å². The van der Waals surface area contributed by atoms with Crippen LogP contribution in [0.25, 0.3) is 0 Å². The van der Waals surface area contributed by atoms with Gasteiger partial charge in [0.15, 0.2) is 0 Å². The molecule has 1 heterocycles. The van der Waals surface area contributed by atoms with E-state index in [0.29, 0.717) is 12.5 Å². The van der Waals surface area contributed by atoms with Gasteiger partial charge in [0.25, 0.3) is 6.47 Å². The van der Waals surface area contributed by atoms with E-state index in [4.69, 9.17) is 0 Å². The molecule has 82 valence electrons. The van der Waals surface area contributed by atoms with Crippen LogP contribution < -0.4 is 5.32 Å². The van der Waals surface area contributed by atoms with Gasteiger partial charge in [0.1, 0.15) is 5.60 Å². The van der Waals surface area contributed by atoms with Crippen molar-refractivity contribution in [3.63, 3.8) is 0 Å². The standard InChI is InChI=1S/C6H11N.C5H10O2/c1-5-3-6(2)7-4-5;1-5(2,3)7-4-6/h6-7H,1,3-4H2,2H3;4H,1-3H3. The lowest BCUT2D eigenvalue weighted by Crippen LogP contribution is -2.17. The zero-order valence-electron chi connectivity index (χ0n) is 9.59. The van der Waals surface area contributed by atoms with Gasteiger partial charge in [0.2, 0.25) is 0 Å². The summed E-state index contributed by atoms with van der Waals surface area (Å²) in [6.45, 7) is 13.0. The van der Waals surface area contributed by atoms with E-state index in [1.165, 1.54) is 12.0 Å². The fourth-order valence-corrected chi connectivity index (χ4v) is 1.04. The lowest BCUT2D eigenvalue weighted by atomic mass is 10.2. The van der Waals surface area contributed by atoms with Crippen molar-refractivity contribution in [3.8, 4) is 0 Å². The Balaban J connectivity index is 0.000000241. The van der Waals surface area contributed by atoms with Crippen LogP contribution in [0.1, 0.15) is 34.1 Å². The topological polar surface area (TPSA) is 38.3 Å². The molecule has 1 aliphatic heterocycles. The van der Waals surface area contributed by atoms with Crippen LogP contribution in [0.15, 0.2) is 12.2 Å². The molecule has 3 nitrogen and oxygen atoms in total. The van der Waals surface area contributed by atoms with Crippen LogP contribution in [0.4, 0.5) is 0 Å². The van der Waals surface area contributed by atoms with Crippen LogP contribution in [0.5, 0.6) is 0 Å². The molecule has 3 heteroatoms. The molecule has 1 fully saturated rings. The van der Waals surface area contributed by atoms with Gasteiger partial charge in [-0.2, -0.15) is 0 Å². The molecule has 0 bridgehead atoms. The highest BCUT2D eigenvalue weighted by Crippen LogP contribution is 2.08. The van der Waals surface area contributed by atoms with E-state index in [9.17, 15) is 4.79 Å². The molecule has 1 aliphatic rings. The monoisotopic (exact) mass is 199 g/mol. The smallest absolute Gasteiger partial charge is 0.293 e. The molecule has 1 saturated heterocycles. The number of carbonyl (C=O) groups is 1. The number of carbonyl (C=O) groups excluding carboxylic acids is 1. The van der Waals surface area contributed by atoms with Crippen molar-refractivity contribution in [1.82, 2.24) is 5.32 Å². The first-order valence-corrected chi connectivity index (χ1v) is 4.86. The van der Waals surface area contributed by atoms with Crippen LogP contribution >= 0.6 is 0 Å². The molecule has 0 aromatic carbocycles. The largest absolute Gasteiger partial charge is 0.462 e. The third kappa shape index (κ3) is 7.80. The van der Waals surface area contributed by atoms with E-state index in [-0.39, 0.29) is 5.60 Å². The molecule has 0 amide bonds. The summed E-state index contributed by atoms with van der Waals surface area (Å²) in [4.78, 5) is 9.60. The van der Waals surface area contributed by atoms with Crippen molar-refractivity contribution in [2.75, 3.05) is 6.54 Å². The fraction of sp³-hybridized carbons (Fsp3) is 0.727. The predicted octanol–water partition coefficient (Wildman–Crippen LogP) is 1.88. The Morgan fingerprint density at radius 3 is 2.21 bits per heavy atom. The van der Waals surface area contributed by atoms with Crippen LogP contribution in [0.3, 0.4) is 0 Å². The Kier molecular flexibility index (Phi) is 5.46. The van der Waals surface area contributed by atoms with E-state index in [1.807, 2.05) is 20.8 Å². The van der Waals surface area contributed by atoms with Crippen molar-refractivity contribution >= 4 is 6.47 Å². The highest BCUT2D eigenvalue weighted by atomic mass is 16.5. The quantitative estimate of drug-likeness (QED) is 0.517. The summed E-state index contributed by atoms with van der Waals surface area (Å²) in [6, 6.07) is 0.674. The van der Waals surface area contributed by atoms with E-state index in [2.05, 4.69) is 23.6 Å². The summed E-state index contributed by atoms with van der Waals surface area (Å²) < 4.78 is 4.55. The van der Waals surface area contributed by atoms with Crippen molar-refractivity contribution in [2.24, 2.45) is 0 Å². The summed E-state index contributed by atoms with van der Waals surface area (Å²) in [5.41, 5.74) is 1.02. The van der Waals surface area contributed by atoms with E-state index in [0.717, 1.165) is 6.54 Å². The minimum absolute atomic E-state index is 0.318. The summed E-state index contributed by atoms with van der Waals surface area (Å²) >= 11 is 0. The van der Waals surface area contributed by atoms with E-state index < -0.39 is 0 Å². The molecule has 1 N–H and O–H groups in total. The van der Waals surface area contributed by atoms with Crippen molar-refractivity contribution in [3.05, 3.63) is 12.2 Å². The average molecular weight is 199 g/mol. The molecule has 1 atom stereocenters. The fourth-order valence-electron chi connectivity index (χ4n) is 1.04. The lowest BCUT2D eigenvalue weighted by molar-refractivity contribution is -0.138. The normalized spacial score (nSPS) is 21.1. The summed E-state index contributed by atoms with van der Waals surface area (Å²) in [6.07, 6.45) is 1.17. The zero-order chi connectivity index (χ0) is 11.2. The molecule has 0 spiro atoms. The van der Waals surface area contributed by atoms with Crippen molar-refractivity contribution < 1.29 is 9.53 Å². The zero-order valence-corrected chi connectivity index (χ0v) is 9.59. The van der Waals surface area contributed by atoms with E-state index >= 15 is 0 Å². The first kappa shape index (κ1) is 13.2. The van der Waals surface area contributed by atoms with Gasteiger partial charge in [-0.25, -0.2) is 0 Å². The van der Waals surface area contributed by atoms with Gasteiger partial charge in [0, 0.05) is 12.6 Å². The molecule has 0 aromatic rings. The minimum atomic E-state index is -0.318. The molecule has 0 aliphatic carbocycles. The Hall–Kier alpha value is -0.830. The van der Waals surface area contributed by atoms with E-state index in [1.54, 1.807) is 0 Å². The number of hydrogen-bond acceptors (Lipinski definition) is 3. The minimum Gasteiger partial charge on any atom is -0.462 e. The maximum Gasteiger partial charge on any atom is 0.293 e. The van der Waals surface area contributed by atoms with Gasteiger partial charge in [-0.05, 0) is 34.1 Å². The Morgan fingerprint density at radius 2 is 2.14 bits per heavy atom. The molecule has 1 unspecified atom stereocenters. The van der Waals surface area contributed by atoms with Gasteiger partial charge in [0.05, 0.1) is 0 Å². The molecule has 0 saturated carbocycles. The maximum atomic E-state index is 9.60. The lowest BCUT2D eigenvalue weighted by Gasteiger charge is -2.14. The Bertz CT molecular complexity index is 194. The number of rotatable bonds is 1. The van der Waals surface area contributed by atoms with Crippen LogP contribution in [0, 0.1) is 0 Å². The van der Waals surface area contributed by atoms with Gasteiger partial charge < -0.3 is 10.1 Å². The maximum absolute atomic E-state index is 9.60. The molecule has 0 aromatic heterocycles. The van der Waals surface area contributed by atoms with Crippen molar-refractivity contribution in [2.45, 2.75) is 45.8 Å². The predicted molar refractivity (Wildman–Crippen MR) is 58.1 cm³/mol. The first-order chi connectivity index (χ1) is 6.35. The second-order valence-electron chi connectivity index (χ2n) is 4.56. The molecule has 0 radical (unpaired) electrons. The van der Waals surface area contributed by atoms with Crippen LogP contribution in [-0.4, -0.2) is 24.7 Å². The molecule has 1 rings (SSSR count). The third-order valence-electron chi connectivity index (χ3n) is 1.70. The molecule has 14 heavy (non-hydrogen) atoms. The highest BCUT2D eigenvalue weighted by molar-refractivity contribution is 5.37. The second-order valence-corrected chi connectivity index (χ2v) is 4.56. The molecular weight excluding hydrogens is 178 g/mol. The second kappa shape index (κ2) is 5.81. The Labute approximate surface area is 86.5 Å². The third-order valence-corrected chi connectivity index (χ3v) is 1.70. The van der Waals surface area contributed by atoms with Gasteiger partial charge in [-0.15, -0.1) is 0 Å². The average Bonchev–Trinajstić information content (AvgIpc) is 2.33. The summed E-state index contributed by atoms with van der Waals surface area (Å²) in [5.74, 6) is 0. The summed E-state index contributed by atoms with van der Waals surface area (Å²) in [5, 5.41) is 3.27. The summed E-state index contributed by atoms with van der Waals surface area (Å²) in [7, 11) is 0. The highest BCUT2D eigenvalue weighted by Gasteiger charge is 2.10. The van der Waals surface area contributed by atoms with Gasteiger partial charge >= 0.3 is 0 Å². The Morgan fingerprint density at radius 1 is 1.57 bits per heavy atom. The number of nitrogens with one attached hydrogen (secondary N) is 1. The molecular formula is C11H21NO2. The number of hydrogen-bond donors (Lipinski definition) is 1. The van der Waals surface area contributed by atoms with Crippen molar-refractivity contribution in [1.29, 1.82) is 0 Å².